The molecule has 0 unspecified atom stereocenters. The number of pyridine rings is 1. The molecule has 0 aliphatic heterocycles. The van der Waals surface area contributed by atoms with Crippen molar-refractivity contribution in [3.8, 4) is 5.69 Å². The van der Waals surface area contributed by atoms with Gasteiger partial charge in [-0.3, -0.25) is 4.57 Å². The lowest BCUT2D eigenvalue weighted by Gasteiger charge is -2.10. The third-order valence-corrected chi connectivity index (χ3v) is 4.04. The molecule has 1 N–H and O–H groups in total. The second-order valence-corrected chi connectivity index (χ2v) is 5.68. The molecule has 0 spiro atoms. The summed E-state index contributed by atoms with van der Waals surface area (Å²) in [5, 5.41) is 17.6. The summed E-state index contributed by atoms with van der Waals surface area (Å²) in [4.78, 5) is 4.53. The lowest BCUT2D eigenvalue weighted by atomic mass is 10.1. The molecular weight excluding hydrogens is 266 g/mol. The molecule has 3 heterocycles. The summed E-state index contributed by atoms with van der Waals surface area (Å²) in [6.07, 6.45) is 6.50. The van der Waals surface area contributed by atoms with E-state index in [0.717, 1.165) is 23.0 Å². The topological polar surface area (TPSA) is 68.2 Å². The standard InChI is InChI=1S/C15H17N5O/c1-9-17-18-10(2)20(9)14-5-12(11-3-4-11)6-19-7-13(8-21)16-15(14)19/h5-7,11,21H,3-4,8H2,1-2H3. The van der Waals surface area contributed by atoms with E-state index in [-0.39, 0.29) is 6.61 Å². The quantitative estimate of drug-likeness (QED) is 0.797. The largest absolute Gasteiger partial charge is 0.390 e. The highest BCUT2D eigenvalue weighted by Crippen LogP contribution is 2.41. The van der Waals surface area contributed by atoms with E-state index in [1.54, 1.807) is 0 Å². The SMILES string of the molecule is Cc1nnc(C)n1-c1cc(C2CC2)cn2cc(CO)nc12. The fraction of sp³-hybridized carbons (Fsp3) is 0.400. The van der Waals surface area contributed by atoms with Crippen molar-refractivity contribution in [1.29, 1.82) is 0 Å². The molecule has 0 amide bonds. The van der Waals surface area contributed by atoms with Gasteiger partial charge in [-0.15, -0.1) is 10.2 Å². The highest BCUT2D eigenvalue weighted by molar-refractivity contribution is 5.62. The number of aromatic nitrogens is 5. The second kappa shape index (κ2) is 4.39. The van der Waals surface area contributed by atoms with E-state index >= 15 is 0 Å². The van der Waals surface area contributed by atoms with Gasteiger partial charge in [-0.1, -0.05) is 0 Å². The fourth-order valence-corrected chi connectivity index (χ4v) is 2.85. The maximum Gasteiger partial charge on any atom is 0.161 e. The van der Waals surface area contributed by atoms with Crippen LogP contribution in [0, 0.1) is 13.8 Å². The first-order valence-corrected chi connectivity index (χ1v) is 7.18. The van der Waals surface area contributed by atoms with E-state index < -0.39 is 0 Å². The summed E-state index contributed by atoms with van der Waals surface area (Å²) in [6, 6.07) is 2.19. The maximum absolute atomic E-state index is 9.35. The van der Waals surface area contributed by atoms with E-state index in [1.807, 2.05) is 29.0 Å². The van der Waals surface area contributed by atoms with Gasteiger partial charge < -0.3 is 9.51 Å². The lowest BCUT2D eigenvalue weighted by molar-refractivity contribution is 0.277. The van der Waals surface area contributed by atoms with Crippen LogP contribution in [0.25, 0.3) is 11.3 Å². The Morgan fingerprint density at radius 1 is 1.19 bits per heavy atom. The van der Waals surface area contributed by atoms with Crippen molar-refractivity contribution < 1.29 is 5.11 Å². The van der Waals surface area contributed by atoms with Crippen molar-refractivity contribution in [1.82, 2.24) is 24.1 Å². The van der Waals surface area contributed by atoms with Crippen LogP contribution in [0.2, 0.25) is 0 Å². The minimum Gasteiger partial charge on any atom is -0.390 e. The smallest absolute Gasteiger partial charge is 0.161 e. The molecule has 1 fully saturated rings. The van der Waals surface area contributed by atoms with Gasteiger partial charge in [-0.2, -0.15) is 0 Å². The molecule has 6 nitrogen and oxygen atoms in total. The summed E-state index contributed by atoms with van der Waals surface area (Å²) >= 11 is 0. The molecule has 1 aliphatic rings. The Balaban J connectivity index is 2.03. The van der Waals surface area contributed by atoms with Crippen LogP contribution >= 0.6 is 0 Å². The third-order valence-electron chi connectivity index (χ3n) is 4.04. The summed E-state index contributed by atoms with van der Waals surface area (Å²) < 4.78 is 4.03. The molecular formula is C15H17N5O. The van der Waals surface area contributed by atoms with Gasteiger partial charge in [-0.25, -0.2) is 4.98 Å². The molecule has 21 heavy (non-hydrogen) atoms. The minimum atomic E-state index is -0.0555. The summed E-state index contributed by atoms with van der Waals surface area (Å²) in [5.41, 5.74) is 3.80. The van der Waals surface area contributed by atoms with Gasteiger partial charge in [0.05, 0.1) is 18.0 Å². The Labute approximate surface area is 122 Å². The number of fused-ring (bicyclic) bond motifs is 1. The van der Waals surface area contributed by atoms with Crippen LogP contribution in [-0.2, 0) is 6.61 Å². The Bertz CT molecular complexity index is 809. The molecule has 3 aromatic rings. The Morgan fingerprint density at radius 3 is 2.52 bits per heavy atom. The number of aryl methyl sites for hydroxylation is 2. The van der Waals surface area contributed by atoms with Crippen molar-refractivity contribution >= 4 is 5.65 Å². The Kier molecular flexibility index (Phi) is 2.62. The van der Waals surface area contributed by atoms with Crippen molar-refractivity contribution in [2.45, 2.75) is 39.2 Å². The molecule has 108 valence electrons. The predicted molar refractivity (Wildman–Crippen MR) is 77.5 cm³/mol. The molecule has 1 saturated carbocycles. The molecule has 0 saturated heterocycles. The normalized spacial score (nSPS) is 15.0. The van der Waals surface area contributed by atoms with Crippen LogP contribution in [0.3, 0.4) is 0 Å². The van der Waals surface area contributed by atoms with Gasteiger partial charge in [0.25, 0.3) is 0 Å². The highest BCUT2D eigenvalue weighted by atomic mass is 16.3. The number of aliphatic hydroxyl groups excluding tert-OH is 1. The van der Waals surface area contributed by atoms with Crippen LogP contribution in [0.4, 0.5) is 0 Å². The van der Waals surface area contributed by atoms with E-state index in [9.17, 15) is 5.11 Å². The van der Waals surface area contributed by atoms with Gasteiger partial charge >= 0.3 is 0 Å². The van der Waals surface area contributed by atoms with Gasteiger partial charge in [0, 0.05) is 12.4 Å². The molecule has 0 atom stereocenters. The highest BCUT2D eigenvalue weighted by Gasteiger charge is 2.26. The molecule has 4 rings (SSSR count). The number of nitrogens with zero attached hydrogens (tertiary/aromatic N) is 5. The number of imidazole rings is 1. The molecule has 0 bridgehead atoms. The first-order chi connectivity index (χ1) is 10.2. The second-order valence-electron chi connectivity index (χ2n) is 5.68. The van der Waals surface area contributed by atoms with Crippen molar-refractivity contribution in [2.75, 3.05) is 0 Å². The van der Waals surface area contributed by atoms with Gasteiger partial charge in [-0.05, 0) is 44.2 Å². The lowest BCUT2D eigenvalue weighted by Crippen LogP contribution is -2.04. The van der Waals surface area contributed by atoms with Gasteiger partial charge in [0.15, 0.2) is 5.65 Å². The van der Waals surface area contributed by atoms with Crippen molar-refractivity contribution in [2.24, 2.45) is 0 Å². The van der Waals surface area contributed by atoms with Crippen LogP contribution in [0.1, 0.15) is 41.7 Å². The average Bonchev–Trinajstić information content (AvgIpc) is 3.16. The van der Waals surface area contributed by atoms with E-state index in [1.165, 1.54) is 18.4 Å². The number of hydrogen-bond acceptors (Lipinski definition) is 4. The van der Waals surface area contributed by atoms with Crippen molar-refractivity contribution in [3.63, 3.8) is 0 Å². The zero-order valence-corrected chi connectivity index (χ0v) is 12.1. The molecule has 0 aromatic carbocycles. The molecule has 6 heteroatoms. The summed E-state index contributed by atoms with van der Waals surface area (Å²) in [7, 11) is 0. The van der Waals surface area contributed by atoms with E-state index in [0.29, 0.717) is 11.6 Å². The molecule has 0 radical (unpaired) electrons. The monoisotopic (exact) mass is 283 g/mol. The number of hydrogen-bond donors (Lipinski definition) is 1. The summed E-state index contributed by atoms with van der Waals surface area (Å²) in [5.74, 6) is 2.33. The van der Waals surface area contributed by atoms with Crippen LogP contribution < -0.4 is 0 Å². The number of aliphatic hydroxyl groups is 1. The first kappa shape index (κ1) is 12.5. The Hall–Kier alpha value is -2.21. The van der Waals surface area contributed by atoms with Crippen LogP contribution in [0.5, 0.6) is 0 Å². The predicted octanol–water partition coefficient (Wildman–Crippen LogP) is 1.90. The van der Waals surface area contributed by atoms with E-state index in [4.69, 9.17) is 0 Å². The van der Waals surface area contributed by atoms with Crippen LogP contribution in [0.15, 0.2) is 18.5 Å². The summed E-state index contributed by atoms with van der Waals surface area (Å²) in [6.45, 7) is 3.83. The molecule has 1 aliphatic carbocycles. The van der Waals surface area contributed by atoms with E-state index in [2.05, 4.69) is 27.4 Å². The van der Waals surface area contributed by atoms with Crippen molar-refractivity contribution in [3.05, 3.63) is 41.4 Å². The van der Waals surface area contributed by atoms with Gasteiger partial charge in [0.2, 0.25) is 0 Å². The maximum atomic E-state index is 9.35. The minimum absolute atomic E-state index is 0.0555. The zero-order chi connectivity index (χ0) is 14.6. The average molecular weight is 283 g/mol. The Morgan fingerprint density at radius 2 is 1.90 bits per heavy atom. The van der Waals surface area contributed by atoms with Crippen LogP contribution in [-0.4, -0.2) is 29.3 Å². The molecule has 3 aromatic heterocycles. The number of rotatable bonds is 3. The fourth-order valence-electron chi connectivity index (χ4n) is 2.85. The third kappa shape index (κ3) is 1.94. The zero-order valence-electron chi connectivity index (χ0n) is 12.1. The van der Waals surface area contributed by atoms with Gasteiger partial charge in [0.1, 0.15) is 11.6 Å². The first-order valence-electron chi connectivity index (χ1n) is 7.18.